The molecule has 3 nitrogen and oxygen atoms in total. The Bertz CT molecular complexity index is 457. The van der Waals surface area contributed by atoms with Crippen molar-refractivity contribution in [2.24, 2.45) is 5.73 Å². The van der Waals surface area contributed by atoms with Gasteiger partial charge in [0.2, 0.25) is 0 Å². The number of rotatable bonds is 3. The third kappa shape index (κ3) is 1.64. The largest absolute Gasteiger partial charge is 0.395 e. The zero-order valence-corrected chi connectivity index (χ0v) is 8.83. The Labute approximate surface area is 88.9 Å². The standard InChI is InChI=1S/C12H16N2O/c1-12(7-13,8-15)10-3-2-9-4-5-14-11(9)6-10/h2-6,14-15H,7-8,13H2,1H3. The lowest BCUT2D eigenvalue weighted by molar-refractivity contribution is 0.210. The summed E-state index contributed by atoms with van der Waals surface area (Å²) in [6.45, 7) is 2.47. The molecule has 3 heteroatoms. The number of nitrogens with one attached hydrogen (secondary N) is 1. The second-order valence-electron chi connectivity index (χ2n) is 4.20. The molecule has 1 aromatic carbocycles. The molecule has 0 amide bonds. The maximum Gasteiger partial charge on any atom is 0.0537 e. The van der Waals surface area contributed by atoms with E-state index >= 15 is 0 Å². The summed E-state index contributed by atoms with van der Waals surface area (Å²) in [7, 11) is 0. The van der Waals surface area contributed by atoms with Crippen LogP contribution in [-0.4, -0.2) is 23.2 Å². The predicted octanol–water partition coefficient (Wildman–Crippen LogP) is 1.38. The quantitative estimate of drug-likeness (QED) is 0.707. The minimum absolute atomic E-state index is 0.0652. The fraction of sp³-hybridized carbons (Fsp3) is 0.333. The molecule has 0 bridgehead atoms. The first-order valence-electron chi connectivity index (χ1n) is 5.08. The Hall–Kier alpha value is -1.32. The summed E-state index contributed by atoms with van der Waals surface area (Å²) in [5, 5.41) is 10.5. The molecule has 0 aliphatic carbocycles. The van der Waals surface area contributed by atoms with Crippen molar-refractivity contribution >= 4 is 10.9 Å². The molecule has 1 unspecified atom stereocenters. The molecule has 0 aliphatic heterocycles. The van der Waals surface area contributed by atoms with Crippen LogP contribution in [0.15, 0.2) is 30.5 Å². The van der Waals surface area contributed by atoms with Crippen LogP contribution in [0, 0.1) is 0 Å². The molecule has 0 saturated carbocycles. The topological polar surface area (TPSA) is 62.0 Å². The first kappa shape index (κ1) is 10.2. The zero-order valence-electron chi connectivity index (χ0n) is 8.83. The number of hydrogen-bond acceptors (Lipinski definition) is 2. The third-order valence-electron chi connectivity index (χ3n) is 3.05. The van der Waals surface area contributed by atoms with Crippen molar-refractivity contribution in [1.82, 2.24) is 4.98 Å². The first-order chi connectivity index (χ1) is 7.19. The van der Waals surface area contributed by atoms with E-state index in [1.165, 1.54) is 5.39 Å². The molecule has 1 atom stereocenters. The highest BCUT2D eigenvalue weighted by atomic mass is 16.3. The Kier molecular flexibility index (Phi) is 2.50. The average molecular weight is 204 g/mol. The summed E-state index contributed by atoms with van der Waals surface area (Å²) in [4.78, 5) is 3.16. The van der Waals surface area contributed by atoms with Crippen molar-refractivity contribution in [3.63, 3.8) is 0 Å². The maximum absolute atomic E-state index is 9.37. The molecule has 80 valence electrons. The molecule has 0 aliphatic rings. The van der Waals surface area contributed by atoms with Gasteiger partial charge in [-0.1, -0.05) is 19.1 Å². The van der Waals surface area contributed by atoms with E-state index in [4.69, 9.17) is 5.73 Å². The van der Waals surface area contributed by atoms with E-state index in [0.717, 1.165) is 11.1 Å². The van der Waals surface area contributed by atoms with Crippen molar-refractivity contribution < 1.29 is 5.11 Å². The fourth-order valence-corrected chi connectivity index (χ4v) is 1.70. The van der Waals surface area contributed by atoms with Crippen LogP contribution >= 0.6 is 0 Å². The van der Waals surface area contributed by atoms with Crippen LogP contribution in [0.25, 0.3) is 10.9 Å². The third-order valence-corrected chi connectivity index (χ3v) is 3.05. The van der Waals surface area contributed by atoms with Crippen LogP contribution in [0.4, 0.5) is 0 Å². The van der Waals surface area contributed by atoms with Crippen molar-refractivity contribution in [2.75, 3.05) is 13.2 Å². The molecule has 2 aromatic rings. The van der Waals surface area contributed by atoms with Gasteiger partial charge in [-0.25, -0.2) is 0 Å². The number of aromatic nitrogens is 1. The Morgan fingerprint density at radius 1 is 1.40 bits per heavy atom. The molecule has 1 heterocycles. The summed E-state index contributed by atoms with van der Waals surface area (Å²) >= 11 is 0. The summed E-state index contributed by atoms with van der Waals surface area (Å²) in [6.07, 6.45) is 1.91. The molecule has 2 rings (SSSR count). The molecule has 0 saturated heterocycles. The lowest BCUT2D eigenvalue weighted by Crippen LogP contribution is -2.35. The van der Waals surface area contributed by atoms with E-state index in [-0.39, 0.29) is 12.0 Å². The number of aromatic amines is 1. The number of nitrogens with two attached hydrogens (primary N) is 1. The molecular formula is C12H16N2O. The molecule has 0 spiro atoms. The van der Waals surface area contributed by atoms with Gasteiger partial charge in [-0.15, -0.1) is 0 Å². The van der Waals surface area contributed by atoms with Crippen LogP contribution in [0.2, 0.25) is 0 Å². The lowest BCUT2D eigenvalue weighted by Gasteiger charge is -2.25. The highest BCUT2D eigenvalue weighted by molar-refractivity contribution is 5.80. The van der Waals surface area contributed by atoms with E-state index in [1.54, 1.807) is 0 Å². The average Bonchev–Trinajstić information content (AvgIpc) is 2.74. The van der Waals surface area contributed by atoms with Crippen LogP contribution in [0.1, 0.15) is 12.5 Å². The number of hydrogen-bond donors (Lipinski definition) is 3. The van der Waals surface area contributed by atoms with E-state index < -0.39 is 0 Å². The van der Waals surface area contributed by atoms with Gasteiger partial charge in [0.15, 0.2) is 0 Å². The molecule has 1 aromatic heterocycles. The van der Waals surface area contributed by atoms with Crippen molar-refractivity contribution in [3.8, 4) is 0 Å². The number of aliphatic hydroxyl groups excluding tert-OH is 1. The Balaban J connectivity index is 2.51. The molecular weight excluding hydrogens is 188 g/mol. The van der Waals surface area contributed by atoms with Gasteiger partial charge in [-0.05, 0) is 23.1 Å². The minimum Gasteiger partial charge on any atom is -0.395 e. The molecule has 0 radical (unpaired) electrons. The van der Waals surface area contributed by atoms with Gasteiger partial charge in [0.25, 0.3) is 0 Å². The van der Waals surface area contributed by atoms with E-state index in [0.29, 0.717) is 6.54 Å². The zero-order chi connectivity index (χ0) is 10.9. The van der Waals surface area contributed by atoms with Crippen LogP contribution in [0.5, 0.6) is 0 Å². The van der Waals surface area contributed by atoms with E-state index in [9.17, 15) is 5.11 Å². The minimum atomic E-state index is -0.348. The monoisotopic (exact) mass is 204 g/mol. The van der Waals surface area contributed by atoms with Gasteiger partial charge in [0, 0.05) is 23.7 Å². The van der Waals surface area contributed by atoms with Crippen molar-refractivity contribution in [2.45, 2.75) is 12.3 Å². The van der Waals surface area contributed by atoms with E-state index in [1.807, 2.05) is 31.3 Å². The van der Waals surface area contributed by atoms with Crippen LogP contribution in [0.3, 0.4) is 0 Å². The van der Waals surface area contributed by atoms with Gasteiger partial charge in [0.05, 0.1) is 6.61 Å². The van der Waals surface area contributed by atoms with E-state index in [2.05, 4.69) is 11.1 Å². The summed E-state index contributed by atoms with van der Waals surface area (Å²) in [5.74, 6) is 0. The number of aliphatic hydroxyl groups is 1. The van der Waals surface area contributed by atoms with Crippen LogP contribution in [-0.2, 0) is 5.41 Å². The summed E-state index contributed by atoms with van der Waals surface area (Å²) in [6, 6.07) is 8.15. The van der Waals surface area contributed by atoms with Gasteiger partial charge in [-0.2, -0.15) is 0 Å². The number of H-pyrrole nitrogens is 1. The molecule has 4 N–H and O–H groups in total. The van der Waals surface area contributed by atoms with Gasteiger partial charge in [0.1, 0.15) is 0 Å². The van der Waals surface area contributed by atoms with Gasteiger partial charge in [-0.3, -0.25) is 0 Å². The highest BCUT2D eigenvalue weighted by Gasteiger charge is 2.24. The smallest absolute Gasteiger partial charge is 0.0537 e. The number of fused-ring (bicyclic) bond motifs is 1. The van der Waals surface area contributed by atoms with Crippen molar-refractivity contribution in [1.29, 1.82) is 0 Å². The second-order valence-corrected chi connectivity index (χ2v) is 4.20. The lowest BCUT2D eigenvalue weighted by atomic mass is 9.83. The Morgan fingerprint density at radius 3 is 2.87 bits per heavy atom. The molecule has 0 fully saturated rings. The summed E-state index contributed by atoms with van der Waals surface area (Å²) < 4.78 is 0. The summed E-state index contributed by atoms with van der Waals surface area (Å²) in [5.41, 5.74) is 7.51. The second kappa shape index (κ2) is 3.68. The van der Waals surface area contributed by atoms with Gasteiger partial charge >= 0.3 is 0 Å². The normalized spacial score (nSPS) is 15.4. The SMILES string of the molecule is CC(CN)(CO)c1ccc2cc[nH]c2c1. The van der Waals surface area contributed by atoms with Crippen LogP contribution < -0.4 is 5.73 Å². The number of benzene rings is 1. The fourth-order valence-electron chi connectivity index (χ4n) is 1.70. The van der Waals surface area contributed by atoms with Crippen molar-refractivity contribution in [3.05, 3.63) is 36.0 Å². The first-order valence-corrected chi connectivity index (χ1v) is 5.08. The maximum atomic E-state index is 9.37. The highest BCUT2D eigenvalue weighted by Crippen LogP contribution is 2.25. The van der Waals surface area contributed by atoms with Gasteiger partial charge < -0.3 is 15.8 Å². The Morgan fingerprint density at radius 2 is 2.20 bits per heavy atom. The predicted molar refractivity (Wildman–Crippen MR) is 61.8 cm³/mol. The molecule has 15 heavy (non-hydrogen) atoms.